The lowest BCUT2D eigenvalue weighted by Crippen LogP contribution is -2.14. The maximum Gasteiger partial charge on any atom is 0.333 e. The van der Waals surface area contributed by atoms with Gasteiger partial charge in [0.1, 0.15) is 6.04 Å². The van der Waals surface area contributed by atoms with Crippen molar-refractivity contribution < 1.29 is 5.11 Å². The zero-order valence-corrected chi connectivity index (χ0v) is 9.12. The number of aromatic nitrogens is 2. The number of hydrogen-bond donors (Lipinski definition) is 2. The van der Waals surface area contributed by atoms with Gasteiger partial charge in [-0.25, -0.2) is 9.36 Å². The topological polar surface area (TPSA) is 87.4 Å². The lowest BCUT2D eigenvalue weighted by molar-refractivity contribution is 0.441. The minimum atomic E-state index is -0.430. The zero-order valence-electron chi connectivity index (χ0n) is 9.12. The number of rotatable bonds is 3. The molecular weight excluding hydrogens is 222 g/mol. The van der Waals surface area contributed by atoms with Crippen LogP contribution in [0, 0.1) is 4.91 Å². The van der Waals surface area contributed by atoms with Gasteiger partial charge in [-0.15, -0.1) is 0 Å². The van der Waals surface area contributed by atoms with Crippen molar-refractivity contribution in [1.82, 2.24) is 9.55 Å². The van der Waals surface area contributed by atoms with E-state index in [1.165, 1.54) is 6.20 Å². The molecule has 17 heavy (non-hydrogen) atoms. The van der Waals surface area contributed by atoms with Crippen LogP contribution in [0.5, 0.6) is 5.88 Å². The second-order valence-corrected chi connectivity index (χ2v) is 3.66. The van der Waals surface area contributed by atoms with Crippen LogP contribution in [0.4, 0.5) is 0 Å². The number of aromatic hydroxyl groups is 1. The van der Waals surface area contributed by atoms with E-state index in [1.807, 2.05) is 0 Å². The lowest BCUT2D eigenvalue weighted by atomic mass is 10.1. The molecule has 0 aliphatic heterocycles. The van der Waals surface area contributed by atoms with Gasteiger partial charge in [0.2, 0.25) is 5.88 Å². The number of nitrogens with one attached hydrogen (secondary N) is 1. The summed E-state index contributed by atoms with van der Waals surface area (Å²) in [5.74, 6) is -0.163. The first kappa shape index (κ1) is 11.1. The van der Waals surface area contributed by atoms with Crippen LogP contribution in [0.25, 0.3) is 5.69 Å². The standard InChI is InChI=1S/C11H11N3O3/c1-7(13-17)8-2-4-9(5-3-8)14-10(15)6-12-11(14)16/h2-7,15H,1H3,(H,12,16). The molecule has 0 saturated carbocycles. The van der Waals surface area contributed by atoms with Gasteiger partial charge in [0.05, 0.1) is 11.9 Å². The number of benzene rings is 1. The van der Waals surface area contributed by atoms with Gasteiger partial charge in [0.25, 0.3) is 0 Å². The third-order valence-corrected chi connectivity index (χ3v) is 2.55. The van der Waals surface area contributed by atoms with Crippen LogP contribution in [0.2, 0.25) is 0 Å². The van der Waals surface area contributed by atoms with E-state index in [9.17, 15) is 14.8 Å². The van der Waals surface area contributed by atoms with Gasteiger partial charge < -0.3 is 10.1 Å². The maximum absolute atomic E-state index is 11.4. The smallest absolute Gasteiger partial charge is 0.333 e. The summed E-state index contributed by atoms with van der Waals surface area (Å²) >= 11 is 0. The molecule has 6 heteroatoms. The van der Waals surface area contributed by atoms with E-state index in [0.717, 1.165) is 10.1 Å². The molecule has 0 radical (unpaired) electrons. The number of nitroso groups, excluding NO2 is 1. The quantitative estimate of drug-likeness (QED) is 0.791. The summed E-state index contributed by atoms with van der Waals surface area (Å²) in [5, 5.41) is 12.4. The van der Waals surface area contributed by atoms with Crippen LogP contribution in [-0.2, 0) is 0 Å². The van der Waals surface area contributed by atoms with Gasteiger partial charge in [-0.1, -0.05) is 17.3 Å². The van der Waals surface area contributed by atoms with Crippen molar-refractivity contribution in [1.29, 1.82) is 0 Å². The molecule has 6 nitrogen and oxygen atoms in total. The van der Waals surface area contributed by atoms with E-state index >= 15 is 0 Å². The highest BCUT2D eigenvalue weighted by Gasteiger charge is 2.08. The van der Waals surface area contributed by atoms with Crippen LogP contribution in [0.1, 0.15) is 18.5 Å². The van der Waals surface area contributed by atoms with Crippen molar-refractivity contribution in [3.8, 4) is 11.6 Å². The number of H-pyrrole nitrogens is 1. The summed E-state index contributed by atoms with van der Waals surface area (Å²) in [6.07, 6.45) is 1.21. The highest BCUT2D eigenvalue weighted by Crippen LogP contribution is 2.19. The van der Waals surface area contributed by atoms with Crippen LogP contribution in [0.15, 0.2) is 40.4 Å². The highest BCUT2D eigenvalue weighted by molar-refractivity contribution is 5.38. The van der Waals surface area contributed by atoms with Gasteiger partial charge in [-0.05, 0) is 24.6 Å². The first-order valence-corrected chi connectivity index (χ1v) is 5.05. The van der Waals surface area contributed by atoms with E-state index in [0.29, 0.717) is 5.69 Å². The van der Waals surface area contributed by atoms with Gasteiger partial charge in [0, 0.05) is 0 Å². The van der Waals surface area contributed by atoms with Crippen LogP contribution >= 0.6 is 0 Å². The molecule has 2 N–H and O–H groups in total. The summed E-state index contributed by atoms with van der Waals surface area (Å²) in [7, 11) is 0. The summed E-state index contributed by atoms with van der Waals surface area (Å²) < 4.78 is 1.13. The van der Waals surface area contributed by atoms with Crippen molar-refractivity contribution in [2.75, 3.05) is 0 Å². The molecule has 2 aromatic rings. The van der Waals surface area contributed by atoms with Crippen LogP contribution in [0.3, 0.4) is 0 Å². The summed E-state index contributed by atoms with van der Waals surface area (Å²) in [4.78, 5) is 24.1. The Balaban J connectivity index is 2.43. The average Bonchev–Trinajstić information content (AvgIpc) is 2.68. The van der Waals surface area contributed by atoms with E-state index in [4.69, 9.17) is 0 Å². The molecule has 0 amide bonds. The van der Waals surface area contributed by atoms with Crippen molar-refractivity contribution in [2.24, 2.45) is 5.18 Å². The normalized spacial score (nSPS) is 12.3. The summed E-state index contributed by atoms with van der Waals surface area (Å²) in [5.41, 5.74) is 0.860. The third-order valence-electron chi connectivity index (χ3n) is 2.55. The van der Waals surface area contributed by atoms with Gasteiger partial charge in [0.15, 0.2) is 0 Å². The molecule has 0 fully saturated rings. The molecular formula is C11H11N3O3. The van der Waals surface area contributed by atoms with Crippen molar-refractivity contribution in [3.05, 3.63) is 51.4 Å². The molecule has 1 unspecified atom stereocenters. The molecule has 0 bridgehead atoms. The Bertz CT molecular complexity index is 583. The zero-order chi connectivity index (χ0) is 12.4. The molecule has 0 aliphatic carbocycles. The molecule has 1 heterocycles. The first-order chi connectivity index (χ1) is 8.13. The molecule has 0 saturated heterocycles. The second-order valence-electron chi connectivity index (χ2n) is 3.66. The number of nitrogens with zero attached hydrogens (tertiary/aromatic N) is 2. The minimum absolute atomic E-state index is 0.163. The van der Waals surface area contributed by atoms with Crippen LogP contribution < -0.4 is 5.69 Å². The maximum atomic E-state index is 11.4. The number of aromatic amines is 1. The molecule has 1 aromatic heterocycles. The Hall–Kier alpha value is -2.37. The van der Waals surface area contributed by atoms with Crippen molar-refractivity contribution in [2.45, 2.75) is 13.0 Å². The fourth-order valence-electron chi connectivity index (χ4n) is 1.57. The predicted octanol–water partition coefficient (Wildman–Crippen LogP) is 1.70. The van der Waals surface area contributed by atoms with Gasteiger partial charge >= 0.3 is 5.69 Å². The molecule has 0 spiro atoms. The Morgan fingerprint density at radius 3 is 2.47 bits per heavy atom. The number of hydrogen-bond acceptors (Lipinski definition) is 4. The van der Waals surface area contributed by atoms with E-state index in [-0.39, 0.29) is 5.88 Å². The second kappa shape index (κ2) is 4.25. The van der Waals surface area contributed by atoms with Gasteiger partial charge in [-0.2, -0.15) is 4.91 Å². The Morgan fingerprint density at radius 2 is 2.00 bits per heavy atom. The van der Waals surface area contributed by atoms with Crippen molar-refractivity contribution >= 4 is 0 Å². The lowest BCUT2D eigenvalue weighted by Gasteiger charge is -2.06. The Labute approximate surface area is 96.5 Å². The van der Waals surface area contributed by atoms with E-state index < -0.39 is 11.7 Å². The van der Waals surface area contributed by atoms with Crippen molar-refractivity contribution in [3.63, 3.8) is 0 Å². The highest BCUT2D eigenvalue weighted by atomic mass is 16.3. The molecule has 2 rings (SSSR count). The summed E-state index contributed by atoms with van der Waals surface area (Å²) in [6, 6.07) is 6.25. The van der Waals surface area contributed by atoms with E-state index in [2.05, 4.69) is 10.2 Å². The monoisotopic (exact) mass is 233 g/mol. The van der Waals surface area contributed by atoms with Crippen LogP contribution in [-0.4, -0.2) is 14.7 Å². The average molecular weight is 233 g/mol. The number of imidazole rings is 1. The Kier molecular flexibility index (Phi) is 2.78. The fraction of sp³-hybridized carbons (Fsp3) is 0.182. The first-order valence-electron chi connectivity index (χ1n) is 5.05. The minimum Gasteiger partial charge on any atom is -0.493 e. The predicted molar refractivity (Wildman–Crippen MR) is 62.3 cm³/mol. The van der Waals surface area contributed by atoms with E-state index in [1.54, 1.807) is 31.2 Å². The fourth-order valence-corrected chi connectivity index (χ4v) is 1.57. The Morgan fingerprint density at radius 1 is 1.35 bits per heavy atom. The molecule has 1 atom stereocenters. The molecule has 88 valence electrons. The largest absolute Gasteiger partial charge is 0.493 e. The SMILES string of the molecule is CC(N=O)c1ccc(-n2c(O)c[nH]c2=O)cc1. The summed E-state index contributed by atoms with van der Waals surface area (Å²) in [6.45, 7) is 1.68. The third kappa shape index (κ3) is 1.96. The molecule has 1 aromatic carbocycles. The molecule has 0 aliphatic rings. The van der Waals surface area contributed by atoms with Gasteiger partial charge in [-0.3, -0.25) is 0 Å².